The SMILES string of the molecule is CC(C)(C)c1cc2c(c(NC(=O)c3ccc(N)cc3)c1C(C)(C)C)C(C)(C)CCC2(C)C. The Morgan fingerprint density at radius 1 is 0.875 bits per heavy atom. The van der Waals surface area contributed by atoms with Gasteiger partial charge in [-0.25, -0.2) is 0 Å². The number of rotatable bonds is 2. The molecule has 0 fully saturated rings. The molecule has 0 bridgehead atoms. The Morgan fingerprint density at radius 2 is 1.41 bits per heavy atom. The number of hydrogen-bond donors (Lipinski definition) is 2. The van der Waals surface area contributed by atoms with Crippen LogP contribution in [0.2, 0.25) is 0 Å². The minimum Gasteiger partial charge on any atom is -0.399 e. The third-order valence-electron chi connectivity index (χ3n) is 7.08. The Labute approximate surface area is 195 Å². The first kappa shape index (κ1) is 24.4. The van der Waals surface area contributed by atoms with Crippen LogP contribution in [0.3, 0.4) is 0 Å². The van der Waals surface area contributed by atoms with Crippen LogP contribution in [0.5, 0.6) is 0 Å². The van der Waals surface area contributed by atoms with Gasteiger partial charge in [0.15, 0.2) is 0 Å². The molecule has 0 heterocycles. The molecule has 0 saturated carbocycles. The fourth-order valence-corrected chi connectivity index (χ4v) is 5.12. The van der Waals surface area contributed by atoms with Gasteiger partial charge in [-0.3, -0.25) is 4.79 Å². The van der Waals surface area contributed by atoms with Gasteiger partial charge >= 0.3 is 0 Å². The summed E-state index contributed by atoms with van der Waals surface area (Å²) in [6, 6.07) is 9.63. The lowest BCUT2D eigenvalue weighted by Crippen LogP contribution is -2.38. The average molecular weight is 435 g/mol. The summed E-state index contributed by atoms with van der Waals surface area (Å²) in [4.78, 5) is 13.5. The van der Waals surface area contributed by atoms with Gasteiger partial charge in [-0.1, -0.05) is 75.3 Å². The lowest BCUT2D eigenvalue weighted by atomic mass is 9.59. The number of fused-ring (bicyclic) bond motifs is 1. The lowest BCUT2D eigenvalue weighted by molar-refractivity contribution is 0.102. The van der Waals surface area contributed by atoms with Crippen LogP contribution >= 0.6 is 0 Å². The molecule has 1 aliphatic rings. The Hall–Kier alpha value is -2.29. The van der Waals surface area contributed by atoms with E-state index in [-0.39, 0.29) is 27.6 Å². The van der Waals surface area contributed by atoms with Crippen molar-refractivity contribution in [2.45, 2.75) is 104 Å². The van der Waals surface area contributed by atoms with Crippen LogP contribution < -0.4 is 11.1 Å². The smallest absolute Gasteiger partial charge is 0.255 e. The molecule has 32 heavy (non-hydrogen) atoms. The Balaban J connectivity index is 2.38. The zero-order chi connectivity index (χ0) is 24.3. The van der Waals surface area contributed by atoms with Crippen LogP contribution in [0.1, 0.15) is 115 Å². The van der Waals surface area contributed by atoms with Crippen molar-refractivity contribution in [1.82, 2.24) is 0 Å². The number of benzene rings is 2. The van der Waals surface area contributed by atoms with Crippen LogP contribution in [-0.2, 0) is 21.7 Å². The molecule has 0 unspecified atom stereocenters. The summed E-state index contributed by atoms with van der Waals surface area (Å²) in [6.07, 6.45) is 2.23. The van der Waals surface area contributed by atoms with Gasteiger partial charge in [0, 0.05) is 16.9 Å². The first-order valence-electron chi connectivity index (χ1n) is 11.8. The molecule has 0 radical (unpaired) electrons. The molecule has 1 aliphatic carbocycles. The molecule has 3 rings (SSSR count). The number of nitrogens with two attached hydrogens (primary N) is 1. The largest absolute Gasteiger partial charge is 0.399 e. The third kappa shape index (κ3) is 4.44. The zero-order valence-electron chi connectivity index (χ0n) is 21.8. The maximum atomic E-state index is 13.5. The molecule has 2 aromatic rings. The van der Waals surface area contributed by atoms with Gasteiger partial charge in [0.25, 0.3) is 5.91 Å². The molecule has 0 atom stereocenters. The maximum Gasteiger partial charge on any atom is 0.255 e. The van der Waals surface area contributed by atoms with E-state index < -0.39 is 0 Å². The second-order valence-corrected chi connectivity index (χ2v) is 12.9. The van der Waals surface area contributed by atoms with E-state index in [9.17, 15) is 4.79 Å². The Bertz CT molecular complexity index is 1010. The molecule has 3 heteroatoms. The highest BCUT2D eigenvalue weighted by molar-refractivity contribution is 6.05. The number of carbonyl (C=O) groups is 1. The molecule has 0 aromatic heterocycles. The van der Waals surface area contributed by atoms with Crippen LogP contribution in [0.4, 0.5) is 11.4 Å². The fourth-order valence-electron chi connectivity index (χ4n) is 5.12. The summed E-state index contributed by atoms with van der Waals surface area (Å²) < 4.78 is 0. The van der Waals surface area contributed by atoms with Crippen molar-refractivity contribution in [1.29, 1.82) is 0 Å². The number of nitrogen functional groups attached to an aromatic ring is 1. The summed E-state index contributed by atoms with van der Waals surface area (Å²) in [5.74, 6) is -0.0806. The minimum atomic E-state index is -0.126. The summed E-state index contributed by atoms with van der Waals surface area (Å²) in [7, 11) is 0. The van der Waals surface area contributed by atoms with E-state index in [2.05, 4.69) is 80.6 Å². The first-order valence-corrected chi connectivity index (χ1v) is 11.8. The molecule has 1 amide bonds. The Morgan fingerprint density at radius 3 is 1.91 bits per heavy atom. The highest BCUT2D eigenvalue weighted by Gasteiger charge is 2.43. The van der Waals surface area contributed by atoms with Crippen molar-refractivity contribution in [3.05, 3.63) is 58.1 Å². The summed E-state index contributed by atoms with van der Waals surface area (Å²) in [5.41, 5.74) is 13.3. The third-order valence-corrected chi connectivity index (χ3v) is 7.08. The summed E-state index contributed by atoms with van der Waals surface area (Å²) in [6.45, 7) is 22.9. The van der Waals surface area contributed by atoms with Crippen molar-refractivity contribution < 1.29 is 4.79 Å². The topological polar surface area (TPSA) is 55.1 Å². The highest BCUT2D eigenvalue weighted by atomic mass is 16.1. The molecular weight excluding hydrogens is 392 g/mol. The van der Waals surface area contributed by atoms with Crippen molar-refractivity contribution in [3.63, 3.8) is 0 Å². The van der Waals surface area contributed by atoms with E-state index in [4.69, 9.17) is 5.73 Å². The highest BCUT2D eigenvalue weighted by Crippen LogP contribution is 2.53. The van der Waals surface area contributed by atoms with E-state index >= 15 is 0 Å². The van der Waals surface area contributed by atoms with Gasteiger partial charge in [0.2, 0.25) is 0 Å². The van der Waals surface area contributed by atoms with Gasteiger partial charge in [0.1, 0.15) is 0 Å². The summed E-state index contributed by atoms with van der Waals surface area (Å²) >= 11 is 0. The van der Waals surface area contributed by atoms with Gasteiger partial charge in [0.05, 0.1) is 0 Å². The van der Waals surface area contributed by atoms with E-state index in [0.717, 1.165) is 18.5 Å². The normalized spacial score (nSPS) is 17.6. The van der Waals surface area contributed by atoms with Crippen LogP contribution in [0.15, 0.2) is 30.3 Å². The van der Waals surface area contributed by atoms with E-state index in [1.54, 1.807) is 24.3 Å². The predicted octanol–water partition coefficient (Wildman–Crippen LogP) is 7.47. The number of hydrogen-bond acceptors (Lipinski definition) is 2. The second kappa shape index (κ2) is 7.64. The lowest BCUT2D eigenvalue weighted by Gasteiger charge is -2.46. The van der Waals surface area contributed by atoms with Crippen LogP contribution in [0, 0.1) is 0 Å². The van der Waals surface area contributed by atoms with E-state index in [0.29, 0.717) is 11.3 Å². The van der Waals surface area contributed by atoms with E-state index in [1.807, 2.05) is 0 Å². The standard InChI is InChI=1S/C29H42N2O/c1-26(2,3)20-17-21-23(29(9,10)16-15-28(21,7)8)24(22(20)27(4,5)6)31-25(32)18-11-13-19(30)14-12-18/h11-14,17H,15-16,30H2,1-10H3,(H,31,32). The monoisotopic (exact) mass is 434 g/mol. The minimum absolute atomic E-state index is 0.0228. The molecule has 3 nitrogen and oxygen atoms in total. The number of amides is 1. The van der Waals surface area contributed by atoms with E-state index in [1.165, 1.54) is 22.3 Å². The number of anilines is 2. The number of nitrogens with one attached hydrogen (secondary N) is 1. The quantitative estimate of drug-likeness (QED) is 0.482. The van der Waals surface area contributed by atoms with Crippen molar-refractivity contribution in [2.75, 3.05) is 11.1 Å². The molecule has 174 valence electrons. The molecule has 2 aromatic carbocycles. The van der Waals surface area contributed by atoms with Crippen molar-refractivity contribution in [2.24, 2.45) is 0 Å². The molecule has 0 aliphatic heterocycles. The predicted molar refractivity (Wildman–Crippen MR) is 138 cm³/mol. The van der Waals surface area contributed by atoms with Gasteiger partial charge in [-0.2, -0.15) is 0 Å². The first-order chi connectivity index (χ1) is 14.4. The van der Waals surface area contributed by atoms with Crippen LogP contribution in [-0.4, -0.2) is 5.91 Å². The zero-order valence-corrected chi connectivity index (χ0v) is 21.8. The summed E-state index contributed by atoms with van der Waals surface area (Å²) in [5, 5.41) is 3.41. The van der Waals surface area contributed by atoms with Crippen LogP contribution in [0.25, 0.3) is 0 Å². The van der Waals surface area contributed by atoms with Crippen molar-refractivity contribution in [3.8, 4) is 0 Å². The molecular formula is C29H42N2O. The molecule has 0 spiro atoms. The van der Waals surface area contributed by atoms with Gasteiger partial charge < -0.3 is 11.1 Å². The second-order valence-electron chi connectivity index (χ2n) is 12.9. The fraction of sp³-hybridized carbons (Fsp3) is 0.552. The average Bonchev–Trinajstić information content (AvgIpc) is 2.63. The van der Waals surface area contributed by atoms with Gasteiger partial charge in [-0.15, -0.1) is 0 Å². The maximum absolute atomic E-state index is 13.5. The molecule has 3 N–H and O–H groups in total. The number of carbonyl (C=O) groups excluding carboxylic acids is 1. The molecule has 0 saturated heterocycles. The Kier molecular flexibility index (Phi) is 5.82. The van der Waals surface area contributed by atoms with Crippen molar-refractivity contribution >= 4 is 17.3 Å². The van der Waals surface area contributed by atoms with Gasteiger partial charge in [-0.05, 0) is 81.0 Å².